The normalized spacial score (nSPS) is 11.4. The first-order valence-corrected chi connectivity index (χ1v) is 7.67. The van der Waals surface area contributed by atoms with E-state index in [1.165, 1.54) is 11.8 Å². The molecule has 1 aromatic rings. The number of aromatic carboxylic acids is 1. The van der Waals surface area contributed by atoms with Gasteiger partial charge in [0.15, 0.2) is 9.84 Å². The summed E-state index contributed by atoms with van der Waals surface area (Å²) >= 11 is 1.37. The molecule has 1 N–H and O–H groups in total. The number of carbonyl (C=O) groups is 1. The summed E-state index contributed by atoms with van der Waals surface area (Å²) in [5.74, 6) is -2.12. The minimum atomic E-state index is -3.55. The number of benzene rings is 1. The van der Waals surface area contributed by atoms with Gasteiger partial charge in [-0.25, -0.2) is 17.6 Å². The molecule has 0 saturated carbocycles. The Hall–Kier alpha value is -1.08. The molecule has 0 aliphatic heterocycles. The molecule has 0 spiro atoms. The summed E-state index contributed by atoms with van der Waals surface area (Å²) in [6.07, 6.45) is 1.77. The zero-order chi connectivity index (χ0) is 13.1. The number of carboxylic acids is 1. The molecule has 0 aliphatic carbocycles. The average molecular weight is 278 g/mol. The molecule has 0 atom stereocenters. The fourth-order valence-electron chi connectivity index (χ4n) is 1.17. The lowest BCUT2D eigenvalue weighted by molar-refractivity contribution is 0.0691. The van der Waals surface area contributed by atoms with Crippen LogP contribution in [0.15, 0.2) is 23.1 Å². The van der Waals surface area contributed by atoms with Gasteiger partial charge in [-0.05, 0) is 24.5 Å². The third-order valence-corrected chi connectivity index (χ3v) is 4.67. The first kappa shape index (κ1) is 14.0. The Bertz CT molecular complexity index is 525. The van der Waals surface area contributed by atoms with E-state index in [4.69, 9.17) is 5.11 Å². The zero-order valence-electron chi connectivity index (χ0n) is 9.01. The number of sulfone groups is 1. The van der Waals surface area contributed by atoms with E-state index in [0.717, 1.165) is 18.2 Å². The highest BCUT2D eigenvalue weighted by Crippen LogP contribution is 2.17. The Balaban J connectivity index is 3.16. The smallest absolute Gasteiger partial charge is 0.338 e. The monoisotopic (exact) mass is 278 g/mol. The van der Waals surface area contributed by atoms with E-state index in [2.05, 4.69) is 0 Å². The molecule has 0 radical (unpaired) electrons. The van der Waals surface area contributed by atoms with Crippen LogP contribution in [0.25, 0.3) is 0 Å². The molecule has 0 amide bonds. The van der Waals surface area contributed by atoms with Crippen LogP contribution < -0.4 is 0 Å². The number of rotatable bonds is 5. The number of carboxylic acid groups (broad SMARTS) is 1. The molecule has 0 aromatic heterocycles. The Kier molecular flexibility index (Phi) is 4.53. The van der Waals surface area contributed by atoms with Crippen LogP contribution in [0.2, 0.25) is 0 Å². The van der Waals surface area contributed by atoms with E-state index >= 15 is 0 Å². The summed E-state index contributed by atoms with van der Waals surface area (Å²) in [5, 5.41) is 8.69. The second-order valence-corrected chi connectivity index (χ2v) is 6.35. The maximum atomic E-state index is 13.1. The van der Waals surface area contributed by atoms with Crippen molar-refractivity contribution in [1.82, 2.24) is 0 Å². The SMILES string of the molecule is CSCCS(=O)(=O)c1ccc(F)c(C(=O)O)c1. The number of hydrogen-bond donors (Lipinski definition) is 1. The van der Waals surface area contributed by atoms with Crippen molar-refractivity contribution in [2.45, 2.75) is 4.90 Å². The molecule has 0 fully saturated rings. The first-order chi connectivity index (χ1) is 7.88. The van der Waals surface area contributed by atoms with Crippen molar-refractivity contribution in [2.24, 2.45) is 0 Å². The molecule has 0 bridgehead atoms. The maximum Gasteiger partial charge on any atom is 0.338 e. The fourth-order valence-corrected chi connectivity index (χ4v) is 3.53. The largest absolute Gasteiger partial charge is 0.478 e. The minimum absolute atomic E-state index is 0.0984. The molecular formula is C10H11FO4S2. The zero-order valence-corrected chi connectivity index (χ0v) is 10.6. The van der Waals surface area contributed by atoms with Crippen molar-refractivity contribution in [3.8, 4) is 0 Å². The van der Waals surface area contributed by atoms with Crippen molar-refractivity contribution >= 4 is 27.6 Å². The van der Waals surface area contributed by atoms with Crippen molar-refractivity contribution in [2.75, 3.05) is 17.8 Å². The number of halogens is 1. The summed E-state index contributed by atoms with van der Waals surface area (Å²) < 4.78 is 36.6. The van der Waals surface area contributed by atoms with Gasteiger partial charge in [-0.2, -0.15) is 11.8 Å². The highest BCUT2D eigenvalue weighted by molar-refractivity contribution is 8.00. The van der Waals surface area contributed by atoms with Gasteiger partial charge in [0, 0.05) is 5.75 Å². The predicted molar refractivity (Wildman–Crippen MR) is 63.8 cm³/mol. The molecule has 0 saturated heterocycles. The van der Waals surface area contributed by atoms with Gasteiger partial charge in [0.1, 0.15) is 5.82 Å². The van der Waals surface area contributed by atoms with E-state index in [1.807, 2.05) is 0 Å². The highest BCUT2D eigenvalue weighted by atomic mass is 32.2. The summed E-state index contributed by atoms with van der Waals surface area (Å²) in [4.78, 5) is 10.5. The lowest BCUT2D eigenvalue weighted by Gasteiger charge is -2.05. The van der Waals surface area contributed by atoms with Gasteiger partial charge in [-0.3, -0.25) is 0 Å². The van der Waals surface area contributed by atoms with Crippen LogP contribution in [0.3, 0.4) is 0 Å². The average Bonchev–Trinajstić information content (AvgIpc) is 2.26. The van der Waals surface area contributed by atoms with Gasteiger partial charge in [0.25, 0.3) is 0 Å². The summed E-state index contributed by atoms with van der Waals surface area (Å²) in [7, 11) is -3.55. The third-order valence-electron chi connectivity index (χ3n) is 2.08. The Labute approximate surface area is 103 Å². The van der Waals surface area contributed by atoms with Crippen molar-refractivity contribution < 1.29 is 22.7 Å². The molecule has 1 aromatic carbocycles. The molecule has 4 nitrogen and oxygen atoms in total. The molecule has 1 rings (SSSR count). The molecule has 0 aliphatic rings. The Morgan fingerprint density at radius 3 is 2.65 bits per heavy atom. The van der Waals surface area contributed by atoms with Crippen molar-refractivity contribution in [3.63, 3.8) is 0 Å². The lowest BCUT2D eigenvalue weighted by Crippen LogP contribution is -2.11. The maximum absolute atomic E-state index is 13.1. The van der Waals surface area contributed by atoms with E-state index in [0.29, 0.717) is 5.75 Å². The molecule has 94 valence electrons. The van der Waals surface area contributed by atoms with Gasteiger partial charge in [0.05, 0.1) is 16.2 Å². The fraction of sp³-hybridized carbons (Fsp3) is 0.300. The van der Waals surface area contributed by atoms with Crippen LogP contribution in [0, 0.1) is 5.82 Å². The molecule has 7 heteroatoms. The number of hydrogen-bond acceptors (Lipinski definition) is 4. The van der Waals surface area contributed by atoms with Crippen LogP contribution in [-0.2, 0) is 9.84 Å². The van der Waals surface area contributed by atoms with Gasteiger partial charge < -0.3 is 5.11 Å². The quantitative estimate of drug-likeness (QED) is 0.829. The van der Waals surface area contributed by atoms with E-state index in [1.54, 1.807) is 6.26 Å². The van der Waals surface area contributed by atoms with Crippen LogP contribution >= 0.6 is 11.8 Å². The van der Waals surface area contributed by atoms with Crippen LogP contribution in [-0.4, -0.2) is 37.3 Å². The molecular weight excluding hydrogens is 267 g/mol. The summed E-state index contributed by atoms with van der Waals surface area (Å²) in [5.41, 5.74) is -0.629. The standard InChI is InChI=1S/C10H11FO4S2/c1-16-4-5-17(14,15)7-2-3-9(11)8(6-7)10(12)13/h2-3,6H,4-5H2,1H3,(H,12,13). The first-order valence-electron chi connectivity index (χ1n) is 4.63. The second kappa shape index (κ2) is 5.50. The second-order valence-electron chi connectivity index (χ2n) is 3.26. The third kappa shape index (κ3) is 3.44. The number of thioether (sulfide) groups is 1. The van der Waals surface area contributed by atoms with Crippen LogP contribution in [0.1, 0.15) is 10.4 Å². The van der Waals surface area contributed by atoms with Gasteiger partial charge >= 0.3 is 5.97 Å². The lowest BCUT2D eigenvalue weighted by atomic mass is 10.2. The van der Waals surface area contributed by atoms with E-state index < -0.39 is 27.2 Å². The molecule has 17 heavy (non-hydrogen) atoms. The van der Waals surface area contributed by atoms with Crippen molar-refractivity contribution in [1.29, 1.82) is 0 Å². The highest BCUT2D eigenvalue weighted by Gasteiger charge is 2.18. The molecule has 0 unspecified atom stereocenters. The Morgan fingerprint density at radius 1 is 1.47 bits per heavy atom. The Morgan fingerprint density at radius 2 is 2.12 bits per heavy atom. The molecule has 0 heterocycles. The van der Waals surface area contributed by atoms with Gasteiger partial charge in [-0.15, -0.1) is 0 Å². The summed E-state index contributed by atoms with van der Waals surface area (Å²) in [6.45, 7) is 0. The van der Waals surface area contributed by atoms with Crippen molar-refractivity contribution in [3.05, 3.63) is 29.6 Å². The summed E-state index contributed by atoms with van der Waals surface area (Å²) in [6, 6.07) is 2.79. The van der Waals surface area contributed by atoms with E-state index in [9.17, 15) is 17.6 Å². The van der Waals surface area contributed by atoms with Crippen LogP contribution in [0.4, 0.5) is 4.39 Å². The topological polar surface area (TPSA) is 71.4 Å². The van der Waals surface area contributed by atoms with Crippen LogP contribution in [0.5, 0.6) is 0 Å². The van der Waals surface area contributed by atoms with Gasteiger partial charge in [-0.1, -0.05) is 0 Å². The minimum Gasteiger partial charge on any atom is -0.478 e. The van der Waals surface area contributed by atoms with Gasteiger partial charge in [0.2, 0.25) is 0 Å². The van der Waals surface area contributed by atoms with E-state index in [-0.39, 0.29) is 10.6 Å². The predicted octanol–water partition coefficient (Wildman–Crippen LogP) is 1.66.